The Morgan fingerprint density at radius 3 is 2.27 bits per heavy atom. The van der Waals surface area contributed by atoms with Crippen molar-refractivity contribution in [1.82, 2.24) is 0 Å². The van der Waals surface area contributed by atoms with Gasteiger partial charge in [-0.2, -0.15) is 0 Å². The fourth-order valence-electron chi connectivity index (χ4n) is 1.07. The first kappa shape index (κ1) is 8.97. The van der Waals surface area contributed by atoms with Gasteiger partial charge in [-0.15, -0.1) is 0 Å². The molecule has 0 aliphatic rings. The fraction of sp³-hybridized carbons (Fsp3) is 0.333. The first-order valence-corrected chi connectivity index (χ1v) is 4.53. The molecule has 60 valence electrons. The summed E-state index contributed by atoms with van der Waals surface area (Å²) >= 11 is 1.80. The smallest absolute Gasteiger partial charge is 0.183 e. The molecule has 0 fully saturated rings. The molecule has 0 aliphatic heterocycles. The standard InChI is InChI=1S/C9H10FI/c1-7-5-3-4-6-8(7)9(2,10)11/h3-6H,1-2H3. The molecular weight excluding hydrogens is 254 g/mol. The van der Waals surface area contributed by atoms with Crippen LogP contribution < -0.4 is 0 Å². The highest BCUT2D eigenvalue weighted by molar-refractivity contribution is 14.1. The van der Waals surface area contributed by atoms with Crippen molar-refractivity contribution in [2.24, 2.45) is 0 Å². The van der Waals surface area contributed by atoms with Crippen LogP contribution in [-0.2, 0) is 3.68 Å². The Kier molecular flexibility index (Phi) is 2.52. The van der Waals surface area contributed by atoms with Crippen molar-refractivity contribution in [1.29, 1.82) is 0 Å². The summed E-state index contributed by atoms with van der Waals surface area (Å²) in [7, 11) is 0. The van der Waals surface area contributed by atoms with Crippen LogP contribution in [0.25, 0.3) is 0 Å². The third kappa shape index (κ3) is 2.15. The minimum Gasteiger partial charge on any atom is -0.227 e. The Labute approximate surface area is 80.0 Å². The Hall–Kier alpha value is -0.120. The molecule has 0 spiro atoms. The van der Waals surface area contributed by atoms with Crippen LogP contribution in [0.2, 0.25) is 0 Å². The normalized spacial score (nSPS) is 16.0. The lowest BCUT2D eigenvalue weighted by atomic mass is 10.1. The Bertz CT molecular complexity index is 250. The highest BCUT2D eigenvalue weighted by atomic mass is 127. The number of hydrogen-bond donors (Lipinski definition) is 0. The lowest BCUT2D eigenvalue weighted by Gasteiger charge is -2.14. The molecule has 0 aliphatic carbocycles. The minimum atomic E-state index is -1.25. The lowest BCUT2D eigenvalue weighted by Crippen LogP contribution is -2.05. The molecule has 11 heavy (non-hydrogen) atoms. The predicted molar refractivity (Wildman–Crippen MR) is 53.7 cm³/mol. The zero-order valence-electron chi connectivity index (χ0n) is 6.57. The summed E-state index contributed by atoms with van der Waals surface area (Å²) in [6.45, 7) is 3.49. The van der Waals surface area contributed by atoms with Crippen molar-refractivity contribution >= 4 is 22.6 Å². The highest BCUT2D eigenvalue weighted by Crippen LogP contribution is 2.34. The largest absolute Gasteiger partial charge is 0.227 e. The molecule has 1 unspecified atom stereocenters. The van der Waals surface area contributed by atoms with E-state index in [9.17, 15) is 4.39 Å². The summed E-state index contributed by atoms with van der Waals surface area (Å²) in [4.78, 5) is 0. The number of aryl methyl sites for hydroxylation is 1. The van der Waals surface area contributed by atoms with Gasteiger partial charge in [0.1, 0.15) is 0 Å². The first-order valence-electron chi connectivity index (χ1n) is 3.46. The maximum Gasteiger partial charge on any atom is 0.183 e. The second-order valence-corrected chi connectivity index (χ2v) is 4.73. The van der Waals surface area contributed by atoms with E-state index in [0.717, 1.165) is 11.1 Å². The third-order valence-corrected chi connectivity index (χ3v) is 2.20. The van der Waals surface area contributed by atoms with Crippen LogP contribution in [0.15, 0.2) is 24.3 Å². The third-order valence-electron chi connectivity index (χ3n) is 1.62. The summed E-state index contributed by atoms with van der Waals surface area (Å²) in [6, 6.07) is 7.52. The molecule has 2 heteroatoms. The second-order valence-electron chi connectivity index (χ2n) is 2.70. The van der Waals surface area contributed by atoms with Crippen LogP contribution in [0, 0.1) is 6.92 Å². The zero-order valence-corrected chi connectivity index (χ0v) is 8.72. The molecular formula is C9H10FI. The number of halogens is 2. The van der Waals surface area contributed by atoms with E-state index in [1.54, 1.807) is 29.5 Å². The maximum atomic E-state index is 13.4. The van der Waals surface area contributed by atoms with Gasteiger partial charge in [0.15, 0.2) is 3.68 Å². The summed E-state index contributed by atoms with van der Waals surface area (Å²) < 4.78 is 12.1. The molecule has 1 rings (SSSR count). The monoisotopic (exact) mass is 264 g/mol. The number of hydrogen-bond acceptors (Lipinski definition) is 0. The van der Waals surface area contributed by atoms with E-state index in [-0.39, 0.29) is 0 Å². The molecule has 0 radical (unpaired) electrons. The number of rotatable bonds is 1. The van der Waals surface area contributed by atoms with Gasteiger partial charge in [-0.1, -0.05) is 24.3 Å². The molecule has 0 heterocycles. The summed E-state index contributed by atoms with van der Waals surface area (Å²) in [5.74, 6) is 0. The average Bonchev–Trinajstić information content (AvgIpc) is 1.86. The van der Waals surface area contributed by atoms with Gasteiger partial charge < -0.3 is 0 Å². The first-order chi connectivity index (χ1) is 5.02. The Morgan fingerprint density at radius 2 is 1.91 bits per heavy atom. The molecule has 1 aromatic carbocycles. The quantitative estimate of drug-likeness (QED) is 0.537. The van der Waals surface area contributed by atoms with Crippen LogP contribution in [0.5, 0.6) is 0 Å². The fourth-order valence-corrected chi connectivity index (χ4v) is 1.67. The van der Waals surface area contributed by atoms with E-state index in [1.165, 1.54) is 0 Å². The summed E-state index contributed by atoms with van der Waals surface area (Å²) in [6.07, 6.45) is 0. The van der Waals surface area contributed by atoms with Gasteiger partial charge in [0, 0.05) is 5.56 Å². The molecule has 0 amide bonds. The molecule has 0 saturated heterocycles. The Balaban J connectivity index is 3.14. The summed E-state index contributed by atoms with van der Waals surface area (Å²) in [5, 5.41) is 0. The molecule has 0 saturated carbocycles. The van der Waals surface area contributed by atoms with Crippen molar-refractivity contribution in [3.8, 4) is 0 Å². The Morgan fingerprint density at radius 1 is 1.36 bits per heavy atom. The van der Waals surface area contributed by atoms with Crippen molar-refractivity contribution in [3.63, 3.8) is 0 Å². The predicted octanol–water partition coefficient (Wildman–Crippen LogP) is 3.57. The van der Waals surface area contributed by atoms with Gasteiger partial charge in [-0.3, -0.25) is 0 Å². The van der Waals surface area contributed by atoms with E-state index in [0.29, 0.717) is 0 Å². The molecule has 0 N–H and O–H groups in total. The number of alkyl halides is 2. The van der Waals surface area contributed by atoms with Gasteiger partial charge in [0.25, 0.3) is 0 Å². The van der Waals surface area contributed by atoms with Crippen molar-refractivity contribution in [2.75, 3.05) is 0 Å². The lowest BCUT2D eigenvalue weighted by molar-refractivity contribution is 0.348. The van der Waals surface area contributed by atoms with E-state index < -0.39 is 3.68 Å². The van der Waals surface area contributed by atoms with Gasteiger partial charge in [0.2, 0.25) is 0 Å². The average molecular weight is 264 g/mol. The minimum absolute atomic E-state index is 0.764. The van der Waals surface area contributed by atoms with E-state index >= 15 is 0 Å². The van der Waals surface area contributed by atoms with Gasteiger partial charge in [-0.05, 0) is 42.0 Å². The highest BCUT2D eigenvalue weighted by Gasteiger charge is 2.22. The van der Waals surface area contributed by atoms with Crippen LogP contribution in [0.4, 0.5) is 4.39 Å². The molecule has 1 atom stereocenters. The topological polar surface area (TPSA) is 0 Å². The molecule has 0 bridgehead atoms. The summed E-state index contributed by atoms with van der Waals surface area (Å²) in [5.41, 5.74) is 1.77. The van der Waals surface area contributed by atoms with E-state index in [4.69, 9.17) is 0 Å². The van der Waals surface area contributed by atoms with Crippen LogP contribution in [0.1, 0.15) is 18.1 Å². The van der Waals surface area contributed by atoms with E-state index in [1.807, 2.05) is 31.2 Å². The molecule has 0 aromatic heterocycles. The van der Waals surface area contributed by atoms with Crippen molar-refractivity contribution in [3.05, 3.63) is 35.4 Å². The maximum absolute atomic E-state index is 13.4. The zero-order chi connectivity index (χ0) is 8.48. The van der Waals surface area contributed by atoms with Gasteiger partial charge in [0.05, 0.1) is 0 Å². The van der Waals surface area contributed by atoms with Crippen LogP contribution in [-0.4, -0.2) is 0 Å². The van der Waals surface area contributed by atoms with Gasteiger partial charge >= 0.3 is 0 Å². The SMILES string of the molecule is Cc1ccccc1C(C)(F)I. The van der Waals surface area contributed by atoms with Crippen molar-refractivity contribution < 1.29 is 4.39 Å². The van der Waals surface area contributed by atoms with Crippen LogP contribution >= 0.6 is 22.6 Å². The number of benzene rings is 1. The molecule has 0 nitrogen and oxygen atoms in total. The molecule has 1 aromatic rings. The van der Waals surface area contributed by atoms with Crippen LogP contribution in [0.3, 0.4) is 0 Å². The van der Waals surface area contributed by atoms with Gasteiger partial charge in [-0.25, -0.2) is 4.39 Å². The van der Waals surface area contributed by atoms with Crippen molar-refractivity contribution in [2.45, 2.75) is 17.5 Å². The van der Waals surface area contributed by atoms with E-state index in [2.05, 4.69) is 0 Å². The second kappa shape index (κ2) is 3.09.